The number of anilines is 1. The third-order valence-corrected chi connectivity index (χ3v) is 5.24. The highest BCUT2D eigenvalue weighted by Crippen LogP contribution is 2.28. The molecule has 0 saturated heterocycles. The number of nitrogens with one attached hydrogen (secondary N) is 1. The molecule has 3 aromatic rings. The van der Waals surface area contributed by atoms with Crippen LogP contribution in [-0.2, 0) is 10.0 Å². The molecule has 0 atom stereocenters. The molecule has 1 N–H and O–H groups in total. The SMILES string of the molecule is Cc1ccc(F)cc1-c1ccc(NS(=O)(=O)c2ccccc2)nc1C. The van der Waals surface area contributed by atoms with Gasteiger partial charge in [-0.15, -0.1) is 0 Å². The highest BCUT2D eigenvalue weighted by atomic mass is 32.2. The maximum absolute atomic E-state index is 13.5. The summed E-state index contributed by atoms with van der Waals surface area (Å²) in [6.07, 6.45) is 0. The van der Waals surface area contributed by atoms with E-state index in [9.17, 15) is 12.8 Å². The molecule has 0 spiro atoms. The highest BCUT2D eigenvalue weighted by molar-refractivity contribution is 7.92. The lowest BCUT2D eigenvalue weighted by atomic mass is 9.99. The second-order valence-electron chi connectivity index (χ2n) is 5.71. The number of hydrogen-bond donors (Lipinski definition) is 1. The summed E-state index contributed by atoms with van der Waals surface area (Å²) in [7, 11) is -3.69. The minimum absolute atomic E-state index is 0.166. The smallest absolute Gasteiger partial charge is 0.263 e. The molecule has 0 radical (unpaired) electrons. The van der Waals surface area contributed by atoms with Crippen LogP contribution in [0, 0.1) is 19.7 Å². The molecule has 1 heterocycles. The summed E-state index contributed by atoms with van der Waals surface area (Å²) in [5, 5.41) is 0. The molecule has 0 aliphatic rings. The molecule has 1 aromatic heterocycles. The fourth-order valence-electron chi connectivity index (χ4n) is 2.58. The first-order valence-electron chi connectivity index (χ1n) is 7.69. The molecule has 4 nitrogen and oxygen atoms in total. The number of halogens is 1. The largest absolute Gasteiger partial charge is 0.263 e. The molecule has 0 aliphatic heterocycles. The summed E-state index contributed by atoms with van der Waals surface area (Å²) < 4.78 is 40.7. The molecule has 0 saturated carbocycles. The zero-order valence-electron chi connectivity index (χ0n) is 13.8. The Morgan fingerprint density at radius 2 is 1.64 bits per heavy atom. The molecule has 3 rings (SSSR count). The monoisotopic (exact) mass is 356 g/mol. The van der Waals surface area contributed by atoms with Crippen molar-refractivity contribution in [3.63, 3.8) is 0 Å². The number of rotatable bonds is 4. The fraction of sp³-hybridized carbons (Fsp3) is 0.105. The minimum atomic E-state index is -3.69. The van der Waals surface area contributed by atoms with Crippen LogP contribution in [0.15, 0.2) is 65.6 Å². The van der Waals surface area contributed by atoms with Crippen LogP contribution < -0.4 is 4.72 Å². The Bertz CT molecular complexity index is 1020. The Morgan fingerprint density at radius 3 is 2.32 bits per heavy atom. The van der Waals surface area contributed by atoms with Crippen molar-refractivity contribution < 1.29 is 12.8 Å². The zero-order valence-corrected chi connectivity index (χ0v) is 14.6. The van der Waals surface area contributed by atoms with E-state index >= 15 is 0 Å². The van der Waals surface area contributed by atoms with E-state index in [4.69, 9.17) is 0 Å². The van der Waals surface area contributed by atoms with Crippen molar-refractivity contribution in [2.45, 2.75) is 18.7 Å². The Balaban J connectivity index is 1.94. The summed E-state index contributed by atoms with van der Waals surface area (Å²) in [5.41, 5.74) is 3.04. The van der Waals surface area contributed by atoms with E-state index in [-0.39, 0.29) is 16.5 Å². The van der Waals surface area contributed by atoms with Crippen LogP contribution in [0.3, 0.4) is 0 Å². The minimum Gasteiger partial charge on any atom is -0.263 e. The molecule has 25 heavy (non-hydrogen) atoms. The lowest BCUT2D eigenvalue weighted by Crippen LogP contribution is -2.14. The van der Waals surface area contributed by atoms with Crippen molar-refractivity contribution >= 4 is 15.8 Å². The van der Waals surface area contributed by atoms with Gasteiger partial charge >= 0.3 is 0 Å². The fourth-order valence-corrected chi connectivity index (χ4v) is 3.61. The van der Waals surface area contributed by atoms with Crippen LogP contribution in [0.4, 0.5) is 10.2 Å². The summed E-state index contributed by atoms with van der Waals surface area (Å²) in [5.74, 6) is -0.104. The van der Waals surface area contributed by atoms with Crippen molar-refractivity contribution in [2.75, 3.05) is 4.72 Å². The van der Waals surface area contributed by atoms with E-state index in [1.165, 1.54) is 24.3 Å². The van der Waals surface area contributed by atoms with Gasteiger partial charge in [-0.1, -0.05) is 24.3 Å². The van der Waals surface area contributed by atoms with Crippen LogP contribution in [-0.4, -0.2) is 13.4 Å². The first kappa shape index (κ1) is 17.1. The van der Waals surface area contributed by atoms with Gasteiger partial charge in [0.15, 0.2) is 0 Å². The van der Waals surface area contributed by atoms with Gasteiger partial charge in [-0.25, -0.2) is 17.8 Å². The highest BCUT2D eigenvalue weighted by Gasteiger charge is 2.15. The van der Waals surface area contributed by atoms with E-state index in [2.05, 4.69) is 9.71 Å². The van der Waals surface area contributed by atoms with Crippen molar-refractivity contribution in [1.29, 1.82) is 0 Å². The Hall–Kier alpha value is -2.73. The second kappa shape index (κ2) is 6.64. The van der Waals surface area contributed by atoms with E-state index < -0.39 is 10.0 Å². The first-order chi connectivity index (χ1) is 11.9. The maximum Gasteiger partial charge on any atom is 0.263 e. The van der Waals surface area contributed by atoms with Gasteiger partial charge in [0.25, 0.3) is 10.0 Å². The normalized spacial score (nSPS) is 11.3. The number of aromatic nitrogens is 1. The summed E-state index contributed by atoms with van der Waals surface area (Å²) in [6.45, 7) is 3.65. The van der Waals surface area contributed by atoms with Gasteiger partial charge in [0, 0.05) is 11.3 Å². The maximum atomic E-state index is 13.5. The molecule has 2 aromatic carbocycles. The summed E-state index contributed by atoms with van der Waals surface area (Å²) in [4.78, 5) is 4.48. The van der Waals surface area contributed by atoms with E-state index in [0.717, 1.165) is 16.7 Å². The second-order valence-corrected chi connectivity index (χ2v) is 7.39. The summed E-state index contributed by atoms with van der Waals surface area (Å²) >= 11 is 0. The first-order valence-corrected chi connectivity index (χ1v) is 9.17. The number of pyridine rings is 1. The predicted octanol–water partition coefficient (Wildman–Crippen LogP) is 4.31. The van der Waals surface area contributed by atoms with Crippen molar-refractivity contribution in [1.82, 2.24) is 4.98 Å². The van der Waals surface area contributed by atoms with Gasteiger partial charge in [-0.3, -0.25) is 4.72 Å². The van der Waals surface area contributed by atoms with Crippen LogP contribution in [0.1, 0.15) is 11.3 Å². The Morgan fingerprint density at radius 1 is 0.920 bits per heavy atom. The van der Waals surface area contributed by atoms with Gasteiger partial charge in [0.2, 0.25) is 0 Å². The number of hydrogen-bond acceptors (Lipinski definition) is 3. The molecule has 0 amide bonds. The van der Waals surface area contributed by atoms with Crippen LogP contribution in [0.25, 0.3) is 11.1 Å². The van der Waals surface area contributed by atoms with Crippen molar-refractivity contribution in [2.24, 2.45) is 0 Å². The predicted molar refractivity (Wildman–Crippen MR) is 96.4 cm³/mol. The molecular weight excluding hydrogens is 339 g/mol. The van der Waals surface area contributed by atoms with E-state index in [0.29, 0.717) is 5.69 Å². The lowest BCUT2D eigenvalue weighted by molar-refractivity contribution is 0.601. The van der Waals surface area contributed by atoms with Crippen LogP contribution in [0.2, 0.25) is 0 Å². The van der Waals surface area contributed by atoms with Gasteiger partial charge in [0.1, 0.15) is 11.6 Å². The molecular formula is C19H17FN2O2S. The number of aryl methyl sites for hydroxylation is 2. The molecule has 128 valence electrons. The third kappa shape index (κ3) is 3.69. The average Bonchev–Trinajstić information content (AvgIpc) is 2.58. The number of sulfonamides is 1. The Labute approximate surface area is 146 Å². The average molecular weight is 356 g/mol. The van der Waals surface area contributed by atoms with Crippen molar-refractivity contribution in [3.8, 4) is 11.1 Å². The van der Waals surface area contributed by atoms with Gasteiger partial charge in [-0.2, -0.15) is 0 Å². The van der Waals surface area contributed by atoms with Crippen molar-refractivity contribution in [3.05, 3.63) is 77.7 Å². The lowest BCUT2D eigenvalue weighted by Gasteiger charge is -2.12. The quantitative estimate of drug-likeness (QED) is 0.758. The molecule has 0 fully saturated rings. The number of benzene rings is 2. The summed E-state index contributed by atoms with van der Waals surface area (Å²) in [6, 6.07) is 16.0. The zero-order chi connectivity index (χ0) is 18.0. The molecule has 0 bridgehead atoms. The van der Waals surface area contributed by atoms with Gasteiger partial charge in [0.05, 0.1) is 4.90 Å². The Kier molecular flexibility index (Phi) is 4.55. The standard InChI is InChI=1S/C19H17FN2O2S/c1-13-8-9-15(20)12-18(13)17-10-11-19(21-14(17)2)22-25(23,24)16-6-4-3-5-7-16/h3-12H,1-2H3,(H,21,22). The molecule has 0 aliphatic carbocycles. The van der Waals surface area contributed by atoms with Gasteiger partial charge < -0.3 is 0 Å². The van der Waals surface area contributed by atoms with Gasteiger partial charge in [-0.05, 0) is 61.4 Å². The number of nitrogens with zero attached hydrogens (tertiary/aromatic N) is 1. The van der Waals surface area contributed by atoms with Crippen LogP contribution in [0.5, 0.6) is 0 Å². The molecule has 0 unspecified atom stereocenters. The van der Waals surface area contributed by atoms with Crippen LogP contribution >= 0.6 is 0 Å². The van der Waals surface area contributed by atoms with E-state index in [1.54, 1.807) is 43.3 Å². The van der Waals surface area contributed by atoms with E-state index in [1.807, 2.05) is 6.92 Å². The topological polar surface area (TPSA) is 59.1 Å². The third-order valence-electron chi connectivity index (χ3n) is 3.87. The molecule has 6 heteroatoms.